The molecule has 0 spiro atoms. The van der Waals surface area contributed by atoms with Crippen LogP contribution in [0.25, 0.3) is 10.3 Å². The molecule has 0 aliphatic rings. The van der Waals surface area contributed by atoms with Crippen molar-refractivity contribution in [1.82, 2.24) is 9.55 Å². The van der Waals surface area contributed by atoms with Crippen molar-refractivity contribution in [3.05, 3.63) is 41.5 Å². The first-order valence-electron chi connectivity index (χ1n) is 6.18. The third-order valence-corrected chi connectivity index (χ3v) is 3.85. The lowest BCUT2D eigenvalue weighted by Crippen LogP contribution is -2.15. The number of fused-ring (bicyclic) bond motifs is 1. The second-order valence-corrected chi connectivity index (χ2v) is 5.25. The van der Waals surface area contributed by atoms with Crippen molar-refractivity contribution in [2.75, 3.05) is 12.2 Å². The van der Waals surface area contributed by atoms with Gasteiger partial charge in [-0.05, 0) is 30.3 Å². The number of carbonyl (C=O) groups excluding carboxylic acids is 1. The van der Waals surface area contributed by atoms with Gasteiger partial charge >= 0.3 is 0 Å². The maximum atomic E-state index is 12.3. The van der Waals surface area contributed by atoms with E-state index in [0.717, 1.165) is 10.3 Å². The molecule has 0 radical (unpaired) electrons. The van der Waals surface area contributed by atoms with E-state index in [9.17, 15) is 9.18 Å². The average Bonchev–Trinajstić information content (AvgIpc) is 3.05. The number of nitrogens with zero attached hydrogens (tertiary/aromatic N) is 2. The van der Waals surface area contributed by atoms with Gasteiger partial charge in [-0.1, -0.05) is 0 Å². The van der Waals surface area contributed by atoms with Crippen molar-refractivity contribution in [3.8, 4) is 5.75 Å². The molecule has 0 bridgehead atoms. The Morgan fingerprint density at radius 2 is 2.19 bits per heavy atom. The minimum absolute atomic E-state index is 0.221. The summed E-state index contributed by atoms with van der Waals surface area (Å²) < 4.78 is 19.5. The van der Waals surface area contributed by atoms with Gasteiger partial charge in [-0.25, -0.2) is 9.37 Å². The molecular formula is C14H12FN3O2S. The van der Waals surface area contributed by atoms with Gasteiger partial charge in [0, 0.05) is 12.7 Å². The van der Waals surface area contributed by atoms with Crippen molar-refractivity contribution in [2.24, 2.45) is 7.05 Å². The Hall–Kier alpha value is -2.41. The number of rotatable bonds is 4. The number of hydrogen-bond donors (Lipinski definition) is 1. The lowest BCUT2D eigenvalue weighted by Gasteiger charge is -2.07. The highest BCUT2D eigenvalue weighted by Crippen LogP contribution is 2.22. The Balaban J connectivity index is 1.79. The number of amides is 1. The van der Waals surface area contributed by atoms with Crippen LogP contribution in [-0.4, -0.2) is 22.3 Å². The quantitative estimate of drug-likeness (QED) is 0.805. The topological polar surface area (TPSA) is 56.2 Å². The summed E-state index contributed by atoms with van der Waals surface area (Å²) in [5, 5.41) is 2.79. The first kappa shape index (κ1) is 13.6. The molecule has 0 unspecified atom stereocenters. The highest BCUT2D eigenvalue weighted by atomic mass is 32.1. The summed E-state index contributed by atoms with van der Waals surface area (Å²) in [6, 6.07) is 8.32. The van der Waals surface area contributed by atoms with Crippen molar-refractivity contribution in [2.45, 2.75) is 0 Å². The summed E-state index contributed by atoms with van der Waals surface area (Å²) in [6.07, 6.45) is 0. The van der Waals surface area contributed by atoms with E-state index in [1.54, 1.807) is 41.4 Å². The van der Waals surface area contributed by atoms with Crippen LogP contribution < -0.4 is 10.1 Å². The molecule has 108 valence electrons. The fourth-order valence-corrected chi connectivity index (χ4v) is 2.79. The number of halogens is 1. The van der Waals surface area contributed by atoms with Crippen LogP contribution in [0.5, 0.6) is 5.75 Å². The molecule has 21 heavy (non-hydrogen) atoms. The Bertz CT molecular complexity index is 779. The molecule has 2 heterocycles. The van der Waals surface area contributed by atoms with E-state index in [0.29, 0.717) is 17.1 Å². The number of alkyl halides is 1. The Morgan fingerprint density at radius 3 is 2.86 bits per heavy atom. The molecule has 3 rings (SSSR count). The minimum Gasteiger partial charge on any atom is -0.463 e. The van der Waals surface area contributed by atoms with Gasteiger partial charge in [0.1, 0.15) is 11.4 Å². The van der Waals surface area contributed by atoms with Crippen LogP contribution in [0.2, 0.25) is 0 Å². The molecule has 1 aromatic carbocycles. The summed E-state index contributed by atoms with van der Waals surface area (Å²) in [4.78, 5) is 16.5. The largest absolute Gasteiger partial charge is 0.463 e. The summed E-state index contributed by atoms with van der Waals surface area (Å²) in [5.41, 5.74) is 3.68. The van der Waals surface area contributed by atoms with Crippen molar-refractivity contribution >= 4 is 33.3 Å². The van der Waals surface area contributed by atoms with Crippen LogP contribution in [0, 0.1) is 0 Å². The molecule has 0 aliphatic carbocycles. The number of benzene rings is 1. The number of hydrogen-bond acceptors (Lipinski definition) is 4. The predicted octanol–water partition coefficient (Wildman–Crippen LogP) is 3.19. The van der Waals surface area contributed by atoms with E-state index < -0.39 is 6.86 Å². The van der Waals surface area contributed by atoms with Crippen molar-refractivity contribution in [3.63, 3.8) is 0 Å². The highest BCUT2D eigenvalue weighted by molar-refractivity contribution is 7.16. The SMILES string of the molecule is Cn1c(C(=O)Nc2ccc(OCF)cc2)cc2scnc21. The maximum Gasteiger partial charge on any atom is 0.272 e. The first-order valence-corrected chi connectivity index (χ1v) is 7.06. The standard InChI is InChI=1S/C14H12FN3O2S/c1-18-11(6-12-13(18)16-8-21-12)14(19)17-9-2-4-10(5-3-9)20-7-15/h2-6,8H,7H2,1H3,(H,17,19). The molecule has 7 heteroatoms. The van der Waals surface area contributed by atoms with E-state index >= 15 is 0 Å². The van der Waals surface area contributed by atoms with Crippen LogP contribution in [0.4, 0.5) is 10.1 Å². The number of thiazole rings is 1. The van der Waals surface area contributed by atoms with Gasteiger partial charge in [-0.15, -0.1) is 11.3 Å². The second-order valence-electron chi connectivity index (χ2n) is 4.36. The number of ether oxygens (including phenoxy) is 1. The average molecular weight is 305 g/mol. The van der Waals surface area contributed by atoms with Gasteiger partial charge in [0.2, 0.25) is 6.86 Å². The molecule has 2 aromatic heterocycles. The number of aryl methyl sites for hydroxylation is 1. The fraction of sp³-hybridized carbons (Fsp3) is 0.143. The van der Waals surface area contributed by atoms with E-state index in [2.05, 4.69) is 10.3 Å². The summed E-state index contributed by atoms with van der Waals surface area (Å²) in [5.74, 6) is 0.195. The molecule has 0 fully saturated rings. The van der Waals surface area contributed by atoms with E-state index in [-0.39, 0.29) is 5.91 Å². The normalized spacial score (nSPS) is 10.8. The summed E-state index contributed by atoms with van der Waals surface area (Å²) in [6.45, 7) is -0.876. The van der Waals surface area contributed by atoms with Crippen LogP contribution >= 0.6 is 11.3 Å². The molecule has 3 aromatic rings. The fourth-order valence-electron chi connectivity index (χ4n) is 2.05. The van der Waals surface area contributed by atoms with Crippen molar-refractivity contribution < 1.29 is 13.9 Å². The molecule has 0 saturated carbocycles. The number of carbonyl (C=O) groups is 1. The van der Waals surface area contributed by atoms with Crippen molar-refractivity contribution in [1.29, 1.82) is 0 Å². The minimum atomic E-state index is -0.876. The van der Waals surface area contributed by atoms with Gasteiger partial charge in [-0.3, -0.25) is 4.79 Å². The van der Waals surface area contributed by atoms with E-state index in [1.807, 2.05) is 6.07 Å². The van der Waals surface area contributed by atoms with Crippen LogP contribution in [0.3, 0.4) is 0 Å². The van der Waals surface area contributed by atoms with Gasteiger partial charge in [0.05, 0.1) is 10.2 Å². The first-order chi connectivity index (χ1) is 10.2. The lowest BCUT2D eigenvalue weighted by molar-refractivity contribution is 0.101. The van der Waals surface area contributed by atoms with Gasteiger partial charge in [0.15, 0.2) is 5.65 Å². The number of aromatic nitrogens is 2. The van der Waals surface area contributed by atoms with E-state index in [4.69, 9.17) is 4.74 Å². The molecule has 5 nitrogen and oxygen atoms in total. The summed E-state index contributed by atoms with van der Waals surface area (Å²) >= 11 is 1.49. The zero-order valence-corrected chi connectivity index (χ0v) is 12.0. The molecular weight excluding hydrogens is 293 g/mol. The monoisotopic (exact) mass is 305 g/mol. The third kappa shape index (κ3) is 2.59. The van der Waals surface area contributed by atoms with Gasteiger partial charge < -0.3 is 14.6 Å². The Morgan fingerprint density at radius 1 is 1.43 bits per heavy atom. The zero-order chi connectivity index (χ0) is 14.8. The number of nitrogens with one attached hydrogen (secondary N) is 1. The molecule has 0 saturated heterocycles. The molecule has 0 atom stereocenters. The van der Waals surface area contributed by atoms with E-state index in [1.165, 1.54) is 11.3 Å². The number of anilines is 1. The van der Waals surface area contributed by atoms with Gasteiger partial charge in [0.25, 0.3) is 5.91 Å². The molecule has 1 N–H and O–H groups in total. The lowest BCUT2D eigenvalue weighted by atomic mass is 10.3. The second kappa shape index (κ2) is 5.53. The summed E-state index contributed by atoms with van der Waals surface area (Å²) in [7, 11) is 1.80. The van der Waals surface area contributed by atoms with Gasteiger partial charge in [-0.2, -0.15) is 0 Å². The predicted molar refractivity (Wildman–Crippen MR) is 79.6 cm³/mol. The smallest absolute Gasteiger partial charge is 0.272 e. The maximum absolute atomic E-state index is 12.3. The highest BCUT2D eigenvalue weighted by Gasteiger charge is 2.15. The zero-order valence-electron chi connectivity index (χ0n) is 11.2. The molecule has 0 aliphatic heterocycles. The molecule has 1 amide bonds. The van der Waals surface area contributed by atoms with Crippen LogP contribution in [-0.2, 0) is 7.05 Å². The Labute approximate surface area is 124 Å². The third-order valence-electron chi connectivity index (χ3n) is 3.09. The van der Waals surface area contributed by atoms with Crippen LogP contribution in [0.1, 0.15) is 10.5 Å². The van der Waals surface area contributed by atoms with Crippen LogP contribution in [0.15, 0.2) is 35.8 Å². The Kier molecular flexibility index (Phi) is 3.57.